The van der Waals surface area contributed by atoms with Crippen LogP contribution in [0, 0.1) is 0 Å². The number of hydrogen-bond donors (Lipinski definition) is 2. The fraction of sp³-hybridized carbons (Fsp3) is 0.600. The molecule has 1 aromatic heterocycles. The third-order valence-corrected chi connectivity index (χ3v) is 3.86. The molecular formula is C15H23N3O2. The first-order valence-electron chi connectivity index (χ1n) is 7.19. The van der Waals surface area contributed by atoms with Crippen LogP contribution in [0.2, 0.25) is 0 Å². The van der Waals surface area contributed by atoms with Gasteiger partial charge in [0.1, 0.15) is 5.82 Å². The normalized spacial score (nSPS) is 25.4. The fourth-order valence-electron chi connectivity index (χ4n) is 2.25. The number of aromatic nitrogens is 1. The van der Waals surface area contributed by atoms with E-state index in [-0.39, 0.29) is 17.6 Å². The topological polar surface area (TPSA) is 63.2 Å². The smallest absolute Gasteiger partial charge is 0.251 e. The van der Waals surface area contributed by atoms with Crippen LogP contribution in [0.1, 0.15) is 44.0 Å². The van der Waals surface area contributed by atoms with Crippen molar-refractivity contribution in [1.82, 2.24) is 10.3 Å². The molecule has 2 unspecified atom stereocenters. The molecule has 2 heterocycles. The van der Waals surface area contributed by atoms with Gasteiger partial charge in [-0.2, -0.15) is 0 Å². The molecule has 0 aromatic carbocycles. The van der Waals surface area contributed by atoms with Gasteiger partial charge in [-0.15, -0.1) is 0 Å². The summed E-state index contributed by atoms with van der Waals surface area (Å²) in [5.74, 6) is 0.659. The van der Waals surface area contributed by atoms with Crippen molar-refractivity contribution in [3.8, 4) is 0 Å². The zero-order chi connectivity index (χ0) is 14.6. The van der Waals surface area contributed by atoms with E-state index in [9.17, 15) is 4.79 Å². The van der Waals surface area contributed by atoms with Crippen LogP contribution in [0.25, 0.3) is 0 Å². The molecular weight excluding hydrogens is 254 g/mol. The molecule has 2 atom stereocenters. The first-order valence-corrected chi connectivity index (χ1v) is 7.19. The van der Waals surface area contributed by atoms with Crippen LogP contribution in [0.3, 0.4) is 0 Å². The lowest BCUT2D eigenvalue weighted by molar-refractivity contribution is 0.0727. The summed E-state index contributed by atoms with van der Waals surface area (Å²) in [6.07, 6.45) is 3.55. The van der Waals surface area contributed by atoms with E-state index in [0.717, 1.165) is 25.2 Å². The van der Waals surface area contributed by atoms with Crippen LogP contribution < -0.4 is 10.6 Å². The van der Waals surface area contributed by atoms with Gasteiger partial charge in [-0.3, -0.25) is 4.79 Å². The van der Waals surface area contributed by atoms with E-state index >= 15 is 0 Å². The minimum absolute atomic E-state index is 0.0333. The standard InChI is InChI=1S/C15H23N3O2/c1-4-7-16-13-10-12(5-8-17-13)14(19)18-15(3)6-9-20-11(15)2/h5,8,10-11H,4,6-7,9H2,1-3H3,(H,16,17)(H,18,19). The molecule has 5 nitrogen and oxygen atoms in total. The number of ether oxygens (including phenoxy) is 1. The van der Waals surface area contributed by atoms with Gasteiger partial charge in [0, 0.05) is 24.9 Å². The molecule has 1 amide bonds. The summed E-state index contributed by atoms with van der Waals surface area (Å²) in [7, 11) is 0. The average molecular weight is 277 g/mol. The molecule has 1 aliphatic heterocycles. The van der Waals surface area contributed by atoms with E-state index in [1.54, 1.807) is 18.3 Å². The number of carbonyl (C=O) groups is 1. The number of pyridine rings is 1. The molecule has 0 bridgehead atoms. The first kappa shape index (κ1) is 14.8. The average Bonchev–Trinajstić information content (AvgIpc) is 2.76. The molecule has 110 valence electrons. The highest BCUT2D eigenvalue weighted by Gasteiger charge is 2.38. The predicted octanol–water partition coefficient (Wildman–Crippen LogP) is 2.20. The van der Waals surface area contributed by atoms with Crippen molar-refractivity contribution in [2.75, 3.05) is 18.5 Å². The Balaban J connectivity index is 2.05. The highest BCUT2D eigenvalue weighted by atomic mass is 16.5. The summed E-state index contributed by atoms with van der Waals surface area (Å²) in [6, 6.07) is 3.52. The number of carbonyl (C=O) groups excluding carboxylic acids is 1. The van der Waals surface area contributed by atoms with E-state index < -0.39 is 0 Å². The highest BCUT2D eigenvalue weighted by Crippen LogP contribution is 2.25. The maximum Gasteiger partial charge on any atom is 0.251 e. The second kappa shape index (κ2) is 6.22. The van der Waals surface area contributed by atoms with E-state index in [1.807, 2.05) is 13.8 Å². The quantitative estimate of drug-likeness (QED) is 0.866. The van der Waals surface area contributed by atoms with Gasteiger partial charge in [0.25, 0.3) is 5.91 Å². The molecule has 0 radical (unpaired) electrons. The van der Waals surface area contributed by atoms with Crippen LogP contribution in [-0.2, 0) is 4.74 Å². The Hall–Kier alpha value is -1.62. The Bertz CT molecular complexity index is 478. The summed E-state index contributed by atoms with van der Waals surface area (Å²) in [5.41, 5.74) is 0.330. The Morgan fingerprint density at radius 3 is 3.05 bits per heavy atom. The van der Waals surface area contributed by atoms with E-state index in [4.69, 9.17) is 4.74 Å². The number of nitrogens with zero attached hydrogens (tertiary/aromatic N) is 1. The molecule has 1 fully saturated rings. The van der Waals surface area contributed by atoms with Gasteiger partial charge in [-0.05, 0) is 38.8 Å². The molecule has 2 N–H and O–H groups in total. The van der Waals surface area contributed by atoms with Gasteiger partial charge in [0.05, 0.1) is 11.6 Å². The molecule has 1 aliphatic rings. The number of hydrogen-bond acceptors (Lipinski definition) is 4. The zero-order valence-corrected chi connectivity index (χ0v) is 12.4. The Morgan fingerprint density at radius 2 is 2.40 bits per heavy atom. The van der Waals surface area contributed by atoms with E-state index in [1.165, 1.54) is 0 Å². The minimum Gasteiger partial charge on any atom is -0.376 e. The summed E-state index contributed by atoms with van der Waals surface area (Å²) >= 11 is 0. The fourth-order valence-corrected chi connectivity index (χ4v) is 2.25. The first-order chi connectivity index (χ1) is 9.55. The molecule has 5 heteroatoms. The van der Waals surface area contributed by atoms with Crippen LogP contribution >= 0.6 is 0 Å². The van der Waals surface area contributed by atoms with Crippen molar-refractivity contribution in [1.29, 1.82) is 0 Å². The molecule has 0 spiro atoms. The summed E-state index contributed by atoms with van der Waals surface area (Å²) in [4.78, 5) is 16.6. The molecule has 20 heavy (non-hydrogen) atoms. The van der Waals surface area contributed by atoms with E-state index in [2.05, 4.69) is 22.5 Å². The third-order valence-electron chi connectivity index (χ3n) is 3.86. The van der Waals surface area contributed by atoms with Crippen molar-refractivity contribution < 1.29 is 9.53 Å². The largest absolute Gasteiger partial charge is 0.376 e. The van der Waals surface area contributed by atoms with Crippen molar-refractivity contribution in [3.63, 3.8) is 0 Å². The van der Waals surface area contributed by atoms with Gasteiger partial charge in [0.15, 0.2) is 0 Å². The second-order valence-corrected chi connectivity index (χ2v) is 5.49. The Labute approximate surface area is 120 Å². The molecule has 0 aliphatic carbocycles. The number of rotatable bonds is 5. The molecule has 2 rings (SSSR count). The third kappa shape index (κ3) is 3.28. The zero-order valence-electron chi connectivity index (χ0n) is 12.4. The van der Waals surface area contributed by atoms with Gasteiger partial charge >= 0.3 is 0 Å². The summed E-state index contributed by atoms with van der Waals surface area (Å²) < 4.78 is 5.54. The maximum absolute atomic E-state index is 12.4. The van der Waals surface area contributed by atoms with Crippen LogP contribution in [0.4, 0.5) is 5.82 Å². The number of amides is 1. The molecule has 1 saturated heterocycles. The summed E-state index contributed by atoms with van der Waals surface area (Å²) in [6.45, 7) is 7.65. The second-order valence-electron chi connectivity index (χ2n) is 5.49. The lowest BCUT2D eigenvalue weighted by Crippen LogP contribution is -2.50. The monoisotopic (exact) mass is 277 g/mol. The van der Waals surface area contributed by atoms with Crippen LogP contribution in [0.5, 0.6) is 0 Å². The lowest BCUT2D eigenvalue weighted by atomic mass is 9.94. The highest BCUT2D eigenvalue weighted by molar-refractivity contribution is 5.95. The van der Waals surface area contributed by atoms with Crippen molar-refractivity contribution in [2.45, 2.75) is 45.3 Å². The van der Waals surface area contributed by atoms with Crippen molar-refractivity contribution >= 4 is 11.7 Å². The van der Waals surface area contributed by atoms with Gasteiger partial charge < -0.3 is 15.4 Å². The lowest BCUT2D eigenvalue weighted by Gasteiger charge is -2.28. The van der Waals surface area contributed by atoms with Crippen molar-refractivity contribution in [3.05, 3.63) is 23.9 Å². The van der Waals surface area contributed by atoms with Crippen LogP contribution in [0.15, 0.2) is 18.3 Å². The Morgan fingerprint density at radius 1 is 1.60 bits per heavy atom. The number of nitrogens with one attached hydrogen (secondary N) is 2. The van der Waals surface area contributed by atoms with Gasteiger partial charge in [-0.25, -0.2) is 4.98 Å². The van der Waals surface area contributed by atoms with Crippen LogP contribution in [-0.4, -0.2) is 35.7 Å². The minimum atomic E-state index is -0.294. The SMILES string of the molecule is CCCNc1cc(C(=O)NC2(C)CCOC2C)ccn1. The van der Waals surface area contributed by atoms with Crippen molar-refractivity contribution in [2.24, 2.45) is 0 Å². The van der Waals surface area contributed by atoms with E-state index in [0.29, 0.717) is 12.2 Å². The number of anilines is 1. The molecule has 1 aromatic rings. The van der Waals surface area contributed by atoms with Gasteiger partial charge in [0.2, 0.25) is 0 Å². The maximum atomic E-state index is 12.4. The van der Waals surface area contributed by atoms with Gasteiger partial charge in [-0.1, -0.05) is 6.92 Å². The predicted molar refractivity (Wildman–Crippen MR) is 78.9 cm³/mol. The summed E-state index contributed by atoms with van der Waals surface area (Å²) in [5, 5.41) is 6.27. The molecule has 0 saturated carbocycles. The Kier molecular flexibility index (Phi) is 4.60.